The number of piperidine rings is 1. The number of fused-ring (bicyclic) bond motifs is 1. The van der Waals surface area contributed by atoms with Crippen molar-refractivity contribution in [3.63, 3.8) is 0 Å². The lowest BCUT2D eigenvalue weighted by molar-refractivity contribution is -0.0321. The molecule has 0 spiro atoms. The van der Waals surface area contributed by atoms with Crippen molar-refractivity contribution in [3.8, 4) is 0 Å². The molecule has 20 heavy (non-hydrogen) atoms. The minimum atomic E-state index is -0.871. The summed E-state index contributed by atoms with van der Waals surface area (Å²) in [5.74, 6) is -0.118. The molecule has 1 fully saturated rings. The van der Waals surface area contributed by atoms with Crippen molar-refractivity contribution < 1.29 is 15.0 Å². The number of carbonyl (C=O) groups excluding carboxylic acids is 1. The maximum absolute atomic E-state index is 12.6. The molecular formula is C15H16N2O3. The van der Waals surface area contributed by atoms with E-state index >= 15 is 0 Å². The Labute approximate surface area is 116 Å². The minimum Gasteiger partial charge on any atom is -0.390 e. The Balaban J connectivity index is 1.93. The van der Waals surface area contributed by atoms with Gasteiger partial charge in [0.15, 0.2) is 0 Å². The van der Waals surface area contributed by atoms with E-state index in [1.54, 1.807) is 23.4 Å². The quantitative estimate of drug-likeness (QED) is 0.805. The Morgan fingerprint density at radius 2 is 2.10 bits per heavy atom. The molecule has 1 aromatic heterocycles. The summed E-state index contributed by atoms with van der Waals surface area (Å²) in [5.41, 5.74) is 0.605. The van der Waals surface area contributed by atoms with Crippen LogP contribution in [0, 0.1) is 0 Å². The summed E-state index contributed by atoms with van der Waals surface area (Å²) in [5, 5.41) is 21.0. The molecule has 1 aromatic carbocycles. The van der Waals surface area contributed by atoms with Crippen LogP contribution >= 0.6 is 0 Å². The van der Waals surface area contributed by atoms with E-state index in [0.717, 1.165) is 10.8 Å². The summed E-state index contributed by atoms with van der Waals surface area (Å²) in [6.45, 7) is 0.625. The second kappa shape index (κ2) is 5.19. The lowest BCUT2D eigenvalue weighted by atomic mass is 10.0. The normalized spacial score (nSPS) is 23.0. The molecule has 0 aliphatic carbocycles. The number of benzene rings is 1. The number of hydrogen-bond donors (Lipinski definition) is 2. The van der Waals surface area contributed by atoms with Gasteiger partial charge in [0.2, 0.25) is 0 Å². The highest BCUT2D eigenvalue weighted by Crippen LogP contribution is 2.21. The molecule has 5 nitrogen and oxygen atoms in total. The van der Waals surface area contributed by atoms with Crippen LogP contribution in [0.3, 0.4) is 0 Å². The van der Waals surface area contributed by atoms with E-state index in [1.807, 2.05) is 18.2 Å². The predicted octanol–water partition coefficient (Wildman–Crippen LogP) is 0.803. The van der Waals surface area contributed by atoms with Crippen LogP contribution in [-0.4, -0.2) is 51.3 Å². The van der Waals surface area contributed by atoms with Gasteiger partial charge in [0.1, 0.15) is 0 Å². The van der Waals surface area contributed by atoms with Crippen LogP contribution < -0.4 is 0 Å². The third-order valence-corrected chi connectivity index (χ3v) is 3.74. The van der Waals surface area contributed by atoms with Crippen LogP contribution in [0.1, 0.15) is 16.8 Å². The second-order valence-electron chi connectivity index (χ2n) is 5.08. The van der Waals surface area contributed by atoms with Gasteiger partial charge in [-0.1, -0.05) is 12.1 Å². The van der Waals surface area contributed by atoms with Crippen molar-refractivity contribution in [3.05, 3.63) is 42.2 Å². The molecule has 0 bridgehead atoms. The number of likely N-dealkylation sites (tertiary alicyclic amines) is 1. The van der Waals surface area contributed by atoms with Crippen LogP contribution in [-0.2, 0) is 0 Å². The molecule has 1 aliphatic heterocycles. The average Bonchev–Trinajstić information content (AvgIpc) is 2.49. The van der Waals surface area contributed by atoms with E-state index in [-0.39, 0.29) is 12.5 Å². The molecule has 2 aromatic rings. The number of aromatic nitrogens is 1. The first-order valence-electron chi connectivity index (χ1n) is 6.65. The summed E-state index contributed by atoms with van der Waals surface area (Å²) in [6, 6.07) is 7.33. The molecule has 1 aliphatic rings. The van der Waals surface area contributed by atoms with Gasteiger partial charge >= 0.3 is 0 Å². The van der Waals surface area contributed by atoms with Crippen LogP contribution in [0.4, 0.5) is 0 Å². The van der Waals surface area contributed by atoms with Crippen molar-refractivity contribution >= 4 is 16.7 Å². The third-order valence-electron chi connectivity index (χ3n) is 3.74. The van der Waals surface area contributed by atoms with Gasteiger partial charge in [-0.25, -0.2) is 0 Å². The number of hydrogen-bond acceptors (Lipinski definition) is 4. The summed E-state index contributed by atoms with van der Waals surface area (Å²) < 4.78 is 0. The molecule has 0 radical (unpaired) electrons. The summed E-state index contributed by atoms with van der Waals surface area (Å²) in [4.78, 5) is 18.2. The zero-order valence-electron chi connectivity index (χ0n) is 10.9. The van der Waals surface area contributed by atoms with Crippen molar-refractivity contribution in [2.75, 3.05) is 13.1 Å². The molecule has 0 unspecified atom stereocenters. The van der Waals surface area contributed by atoms with Crippen molar-refractivity contribution in [2.45, 2.75) is 18.6 Å². The summed E-state index contributed by atoms with van der Waals surface area (Å²) >= 11 is 0. The zero-order valence-corrected chi connectivity index (χ0v) is 10.9. The molecule has 2 atom stereocenters. The van der Waals surface area contributed by atoms with E-state index < -0.39 is 12.2 Å². The number of aliphatic hydroxyl groups is 2. The summed E-state index contributed by atoms with van der Waals surface area (Å²) in [6.07, 6.45) is 2.17. The Hall–Kier alpha value is -1.98. The van der Waals surface area contributed by atoms with E-state index in [0.29, 0.717) is 18.5 Å². The third kappa shape index (κ3) is 2.26. The zero-order chi connectivity index (χ0) is 14.1. The first-order valence-corrected chi connectivity index (χ1v) is 6.65. The van der Waals surface area contributed by atoms with Gasteiger partial charge in [-0.3, -0.25) is 9.78 Å². The molecule has 5 heteroatoms. The Bertz CT molecular complexity index is 639. The lowest BCUT2D eigenvalue weighted by Gasteiger charge is -2.33. The van der Waals surface area contributed by atoms with Crippen molar-refractivity contribution in [1.29, 1.82) is 0 Å². The Kier molecular flexibility index (Phi) is 3.38. The highest BCUT2D eigenvalue weighted by molar-refractivity contribution is 6.06. The van der Waals surface area contributed by atoms with Gasteiger partial charge in [-0.05, 0) is 23.9 Å². The number of nitrogens with zero attached hydrogens (tertiary/aromatic N) is 2. The maximum Gasteiger partial charge on any atom is 0.254 e. The van der Waals surface area contributed by atoms with Gasteiger partial charge in [-0.2, -0.15) is 0 Å². The minimum absolute atomic E-state index is 0.118. The standard InChI is InChI=1S/C15H16N2O3/c18-13-5-7-17(9-14(13)19)15(20)12-3-1-2-10-8-16-6-4-11(10)12/h1-4,6,8,13-14,18-19H,5,7,9H2/t13-,14-/m0/s1. The number of β-amino-alcohol motifs (C(OH)–C–C–N with tert-alkyl or cyclic N) is 1. The molecule has 2 N–H and O–H groups in total. The number of amides is 1. The van der Waals surface area contributed by atoms with E-state index in [1.165, 1.54) is 0 Å². The predicted molar refractivity (Wildman–Crippen MR) is 74.3 cm³/mol. The fourth-order valence-electron chi connectivity index (χ4n) is 2.58. The van der Waals surface area contributed by atoms with E-state index in [9.17, 15) is 15.0 Å². The highest BCUT2D eigenvalue weighted by Gasteiger charge is 2.29. The van der Waals surface area contributed by atoms with Crippen LogP contribution in [0.5, 0.6) is 0 Å². The lowest BCUT2D eigenvalue weighted by Crippen LogP contribution is -2.49. The first-order chi connectivity index (χ1) is 9.66. The van der Waals surface area contributed by atoms with E-state index in [2.05, 4.69) is 4.98 Å². The van der Waals surface area contributed by atoms with Crippen LogP contribution in [0.25, 0.3) is 10.8 Å². The smallest absolute Gasteiger partial charge is 0.254 e. The fourth-order valence-corrected chi connectivity index (χ4v) is 2.58. The number of aliphatic hydroxyl groups excluding tert-OH is 2. The fraction of sp³-hybridized carbons (Fsp3) is 0.333. The van der Waals surface area contributed by atoms with Gasteiger partial charge < -0.3 is 15.1 Å². The van der Waals surface area contributed by atoms with Crippen LogP contribution in [0.15, 0.2) is 36.7 Å². The number of pyridine rings is 1. The molecule has 1 saturated heterocycles. The van der Waals surface area contributed by atoms with Gasteiger partial charge in [0.05, 0.1) is 12.2 Å². The van der Waals surface area contributed by atoms with E-state index in [4.69, 9.17) is 0 Å². The van der Waals surface area contributed by atoms with Gasteiger partial charge in [0.25, 0.3) is 5.91 Å². The van der Waals surface area contributed by atoms with Gasteiger partial charge in [-0.15, -0.1) is 0 Å². The Morgan fingerprint density at radius 1 is 1.25 bits per heavy atom. The average molecular weight is 272 g/mol. The largest absolute Gasteiger partial charge is 0.390 e. The molecule has 0 saturated carbocycles. The maximum atomic E-state index is 12.6. The SMILES string of the molecule is O=C(c1cccc2cnccc12)N1CC[C@H](O)[C@@H](O)C1. The Morgan fingerprint density at radius 3 is 2.90 bits per heavy atom. The number of rotatable bonds is 1. The summed E-state index contributed by atoms with van der Waals surface area (Å²) in [7, 11) is 0. The second-order valence-corrected chi connectivity index (χ2v) is 5.08. The van der Waals surface area contributed by atoms with Crippen molar-refractivity contribution in [1.82, 2.24) is 9.88 Å². The van der Waals surface area contributed by atoms with Crippen molar-refractivity contribution in [2.24, 2.45) is 0 Å². The topological polar surface area (TPSA) is 73.7 Å². The van der Waals surface area contributed by atoms with Gasteiger partial charge in [0, 0.05) is 36.4 Å². The highest BCUT2D eigenvalue weighted by atomic mass is 16.3. The monoisotopic (exact) mass is 272 g/mol. The van der Waals surface area contributed by atoms with Crippen LogP contribution in [0.2, 0.25) is 0 Å². The number of carbonyl (C=O) groups is 1. The molecule has 1 amide bonds. The molecule has 2 heterocycles. The molecular weight excluding hydrogens is 256 g/mol. The molecule has 104 valence electrons. The molecule has 3 rings (SSSR count). The first kappa shape index (κ1) is 13.0.